The van der Waals surface area contributed by atoms with Crippen molar-refractivity contribution in [2.24, 2.45) is 0 Å². The minimum Gasteiger partial charge on any atom is -0.494 e. The fourth-order valence-corrected chi connectivity index (χ4v) is 4.59. The molecule has 1 amide bonds. The summed E-state index contributed by atoms with van der Waals surface area (Å²) in [7, 11) is 1.38. The summed E-state index contributed by atoms with van der Waals surface area (Å²) in [6.45, 7) is 8.77. The van der Waals surface area contributed by atoms with Crippen molar-refractivity contribution >= 4 is 22.9 Å². The van der Waals surface area contributed by atoms with Crippen LogP contribution in [0.3, 0.4) is 0 Å². The Morgan fingerprint density at radius 2 is 1.92 bits per heavy atom. The summed E-state index contributed by atoms with van der Waals surface area (Å²) in [6.07, 6.45) is 7.63. The van der Waals surface area contributed by atoms with E-state index < -0.39 is 11.4 Å². The molecule has 0 radical (unpaired) electrons. The van der Waals surface area contributed by atoms with Gasteiger partial charge >= 0.3 is 0 Å². The van der Waals surface area contributed by atoms with Crippen LogP contribution in [0, 0.1) is 5.82 Å². The number of hydrogen-bond donors (Lipinski definition) is 1. The molecular weight excluding hydrogens is 471 g/mol. The number of likely N-dealkylation sites (tertiary alicyclic amines) is 1. The Balaban J connectivity index is 1.72. The molecule has 1 saturated heterocycles. The van der Waals surface area contributed by atoms with E-state index in [2.05, 4.69) is 16.3 Å². The summed E-state index contributed by atoms with van der Waals surface area (Å²) in [6, 6.07) is 9.82. The van der Waals surface area contributed by atoms with E-state index in [4.69, 9.17) is 9.72 Å². The highest BCUT2D eigenvalue weighted by molar-refractivity contribution is 5.84. The second-order valence-corrected chi connectivity index (χ2v) is 10.5. The van der Waals surface area contributed by atoms with E-state index in [0.717, 1.165) is 18.5 Å². The van der Waals surface area contributed by atoms with Crippen molar-refractivity contribution in [1.29, 1.82) is 0 Å². The third kappa shape index (κ3) is 6.63. The quantitative estimate of drug-likeness (QED) is 0.482. The molecular formula is C29H35FN4O3. The molecule has 196 valence electrons. The van der Waals surface area contributed by atoms with Gasteiger partial charge in [-0.05, 0) is 89.0 Å². The minimum atomic E-state index is -0.521. The average molecular weight is 507 g/mol. The van der Waals surface area contributed by atoms with Crippen molar-refractivity contribution in [2.75, 3.05) is 26.7 Å². The summed E-state index contributed by atoms with van der Waals surface area (Å²) in [5.74, 6) is -0.530. The maximum Gasteiger partial charge on any atom is 0.262 e. The van der Waals surface area contributed by atoms with Crippen molar-refractivity contribution < 1.29 is 13.9 Å². The van der Waals surface area contributed by atoms with Crippen molar-refractivity contribution in [3.05, 3.63) is 64.2 Å². The number of nitrogens with one attached hydrogen (secondary N) is 1. The maximum atomic E-state index is 14.1. The van der Waals surface area contributed by atoms with Gasteiger partial charge in [-0.3, -0.25) is 14.2 Å². The maximum absolute atomic E-state index is 14.1. The number of ether oxygens (including phenoxy) is 1. The van der Waals surface area contributed by atoms with Crippen molar-refractivity contribution in [3.8, 4) is 17.1 Å². The Labute approximate surface area is 217 Å². The summed E-state index contributed by atoms with van der Waals surface area (Å²) in [5.41, 5.74) is 1.09. The van der Waals surface area contributed by atoms with E-state index >= 15 is 0 Å². The Hall–Kier alpha value is -3.52. The molecule has 1 aliphatic rings. The number of carbonyl (C=O) groups is 1. The largest absolute Gasteiger partial charge is 0.494 e. The van der Waals surface area contributed by atoms with Gasteiger partial charge in [0.2, 0.25) is 5.91 Å². The third-order valence-corrected chi connectivity index (χ3v) is 6.32. The zero-order valence-corrected chi connectivity index (χ0v) is 22.0. The van der Waals surface area contributed by atoms with Gasteiger partial charge in [0.1, 0.15) is 12.4 Å². The van der Waals surface area contributed by atoms with Gasteiger partial charge in [0.25, 0.3) is 5.56 Å². The van der Waals surface area contributed by atoms with Crippen LogP contribution < -0.4 is 15.6 Å². The molecule has 3 aromatic rings. The van der Waals surface area contributed by atoms with E-state index in [1.54, 1.807) is 6.07 Å². The van der Waals surface area contributed by atoms with Gasteiger partial charge in [0.05, 0.1) is 18.0 Å². The summed E-state index contributed by atoms with van der Waals surface area (Å²) >= 11 is 0. The molecule has 7 nitrogen and oxygen atoms in total. The molecule has 0 spiro atoms. The number of carbonyl (C=O) groups excluding carboxylic acids is 1. The van der Waals surface area contributed by atoms with Crippen molar-refractivity contribution in [2.45, 2.75) is 52.1 Å². The molecule has 1 aromatic heterocycles. The van der Waals surface area contributed by atoms with Gasteiger partial charge in [0, 0.05) is 17.6 Å². The molecule has 4 rings (SSSR count). The van der Waals surface area contributed by atoms with E-state index in [9.17, 15) is 14.0 Å². The summed E-state index contributed by atoms with van der Waals surface area (Å²) in [4.78, 5) is 33.7. The number of methoxy groups -OCH3 is 1. The van der Waals surface area contributed by atoms with Crippen LogP contribution in [0.1, 0.15) is 45.6 Å². The highest BCUT2D eigenvalue weighted by Crippen LogP contribution is 2.26. The van der Waals surface area contributed by atoms with Gasteiger partial charge < -0.3 is 15.0 Å². The standard InChI is InChI=1S/C29H35FN4O3/c1-29(2,3)32-26(35)19-34-27(21-11-12-23(30)25(18-21)37-4)31-24-13-10-20(17-22(24)28(34)36)9-5-6-14-33-15-7-8-16-33/h5,9-13,17-18H,6-8,14-16,19H2,1-4H3,(H,32,35). The van der Waals surface area contributed by atoms with Crippen molar-refractivity contribution in [1.82, 2.24) is 19.8 Å². The monoisotopic (exact) mass is 506 g/mol. The van der Waals surface area contributed by atoms with Crippen LogP contribution in [0.15, 0.2) is 47.3 Å². The van der Waals surface area contributed by atoms with Crippen LogP contribution in [0.25, 0.3) is 28.4 Å². The van der Waals surface area contributed by atoms with Gasteiger partial charge in [-0.15, -0.1) is 0 Å². The zero-order chi connectivity index (χ0) is 26.6. The van der Waals surface area contributed by atoms with Gasteiger partial charge in [-0.1, -0.05) is 18.2 Å². The zero-order valence-electron chi connectivity index (χ0n) is 22.0. The molecule has 1 N–H and O–H groups in total. The van der Waals surface area contributed by atoms with Crippen LogP contribution in [0.2, 0.25) is 0 Å². The van der Waals surface area contributed by atoms with Gasteiger partial charge in [-0.2, -0.15) is 0 Å². The van der Waals surface area contributed by atoms with Crippen LogP contribution in [0.4, 0.5) is 4.39 Å². The first kappa shape index (κ1) is 26.5. The van der Waals surface area contributed by atoms with Gasteiger partial charge in [0.15, 0.2) is 11.6 Å². The lowest BCUT2D eigenvalue weighted by molar-refractivity contribution is -0.123. The molecule has 0 atom stereocenters. The number of benzene rings is 2. The Bertz CT molecular complexity index is 1370. The molecule has 37 heavy (non-hydrogen) atoms. The lowest BCUT2D eigenvalue weighted by Crippen LogP contribution is -2.43. The molecule has 0 bridgehead atoms. The average Bonchev–Trinajstić information content (AvgIpc) is 3.36. The second-order valence-electron chi connectivity index (χ2n) is 10.5. The molecule has 0 saturated carbocycles. The molecule has 8 heteroatoms. The predicted octanol–water partition coefficient (Wildman–Crippen LogP) is 4.63. The Morgan fingerprint density at radius 1 is 1.16 bits per heavy atom. The smallest absolute Gasteiger partial charge is 0.262 e. The highest BCUT2D eigenvalue weighted by atomic mass is 19.1. The number of hydrogen-bond acceptors (Lipinski definition) is 5. The number of fused-ring (bicyclic) bond motifs is 1. The number of amides is 1. The summed E-state index contributed by atoms with van der Waals surface area (Å²) < 4.78 is 20.6. The third-order valence-electron chi connectivity index (χ3n) is 6.32. The second kappa shape index (κ2) is 11.3. The fraction of sp³-hybridized carbons (Fsp3) is 0.414. The van der Waals surface area contributed by atoms with Crippen molar-refractivity contribution in [3.63, 3.8) is 0 Å². The molecule has 0 aliphatic carbocycles. The van der Waals surface area contributed by atoms with Crippen LogP contribution in [-0.4, -0.2) is 52.6 Å². The SMILES string of the molecule is COc1cc(-c2nc3ccc(C=CCCN4CCCC4)cc3c(=O)n2CC(=O)NC(C)(C)C)ccc1F. The molecule has 0 unspecified atom stereocenters. The summed E-state index contributed by atoms with van der Waals surface area (Å²) in [5, 5.41) is 3.32. The Morgan fingerprint density at radius 3 is 2.62 bits per heavy atom. The predicted molar refractivity (Wildman–Crippen MR) is 145 cm³/mol. The lowest BCUT2D eigenvalue weighted by atomic mass is 10.1. The van der Waals surface area contributed by atoms with E-state index in [-0.39, 0.29) is 29.6 Å². The number of rotatable bonds is 8. The van der Waals surface area contributed by atoms with E-state index in [0.29, 0.717) is 16.5 Å². The fourth-order valence-electron chi connectivity index (χ4n) is 4.59. The topological polar surface area (TPSA) is 76.5 Å². The first-order valence-electron chi connectivity index (χ1n) is 12.7. The molecule has 1 aliphatic heterocycles. The van der Waals surface area contributed by atoms with E-state index in [1.165, 1.54) is 55.8 Å². The molecule has 2 heterocycles. The number of halogens is 1. The Kier molecular flexibility index (Phi) is 8.07. The highest BCUT2D eigenvalue weighted by Gasteiger charge is 2.20. The number of aromatic nitrogens is 2. The van der Waals surface area contributed by atoms with Gasteiger partial charge in [-0.25, -0.2) is 9.37 Å². The molecule has 1 fully saturated rings. The first-order chi connectivity index (χ1) is 17.6. The number of nitrogens with zero attached hydrogens (tertiary/aromatic N) is 3. The molecule has 2 aromatic carbocycles. The van der Waals surface area contributed by atoms with Crippen LogP contribution >= 0.6 is 0 Å². The van der Waals surface area contributed by atoms with Crippen LogP contribution in [-0.2, 0) is 11.3 Å². The lowest BCUT2D eigenvalue weighted by Gasteiger charge is -2.21. The minimum absolute atomic E-state index is 0.0342. The first-order valence-corrected chi connectivity index (χ1v) is 12.7. The van der Waals surface area contributed by atoms with E-state index in [1.807, 2.05) is 39.0 Å². The van der Waals surface area contributed by atoms with Crippen LogP contribution in [0.5, 0.6) is 5.75 Å². The normalized spacial score (nSPS) is 14.5.